The number of benzene rings is 1. The van der Waals surface area contributed by atoms with Crippen LogP contribution in [0.15, 0.2) is 24.3 Å². The Labute approximate surface area is 132 Å². The predicted octanol–water partition coefficient (Wildman–Crippen LogP) is 1.87. The molecule has 1 N–H and O–H groups in total. The predicted molar refractivity (Wildman–Crippen MR) is 87.1 cm³/mol. The van der Waals surface area contributed by atoms with E-state index in [9.17, 15) is 5.11 Å². The van der Waals surface area contributed by atoms with Crippen molar-refractivity contribution < 1.29 is 9.84 Å². The van der Waals surface area contributed by atoms with Crippen molar-refractivity contribution in [1.29, 1.82) is 5.26 Å². The number of anilines is 1. The van der Waals surface area contributed by atoms with Gasteiger partial charge >= 0.3 is 0 Å². The van der Waals surface area contributed by atoms with Gasteiger partial charge in [-0.25, -0.2) is 0 Å². The van der Waals surface area contributed by atoms with E-state index in [1.165, 1.54) is 0 Å². The lowest BCUT2D eigenvalue weighted by atomic mass is 9.92. The zero-order chi connectivity index (χ0) is 16.0. The Balaban J connectivity index is 2.20. The van der Waals surface area contributed by atoms with Crippen molar-refractivity contribution in [2.24, 2.45) is 0 Å². The first-order valence-corrected chi connectivity index (χ1v) is 7.74. The minimum Gasteiger partial charge on any atom is -0.495 e. The van der Waals surface area contributed by atoms with Gasteiger partial charge in [0.1, 0.15) is 5.75 Å². The molecular formula is C17H25N3O2. The summed E-state index contributed by atoms with van der Waals surface area (Å²) < 4.78 is 5.43. The number of rotatable bonds is 6. The molecule has 1 aromatic rings. The summed E-state index contributed by atoms with van der Waals surface area (Å²) in [5.41, 5.74) is 0.186. The number of aliphatic hydroxyl groups is 1. The second kappa shape index (κ2) is 7.48. The topological polar surface area (TPSA) is 59.7 Å². The summed E-state index contributed by atoms with van der Waals surface area (Å²) in [4.78, 5) is 4.23. The van der Waals surface area contributed by atoms with Crippen LogP contribution < -0.4 is 9.64 Å². The van der Waals surface area contributed by atoms with Gasteiger partial charge in [0.2, 0.25) is 0 Å². The number of likely N-dealkylation sites (tertiary alicyclic amines) is 1. The third-order valence-corrected chi connectivity index (χ3v) is 4.15. The van der Waals surface area contributed by atoms with E-state index in [0.717, 1.165) is 30.8 Å². The summed E-state index contributed by atoms with van der Waals surface area (Å²) in [6, 6.07) is 9.95. The standard InChI is InChI=1S/C17H25N3O2/c1-19-11-5-9-17(21,13-19)14-20(12-6-10-18)15-7-3-4-8-16(15)22-2/h3-4,7-8,21H,5-6,9,11-14H2,1-2H3. The van der Waals surface area contributed by atoms with Gasteiger partial charge < -0.3 is 19.6 Å². The van der Waals surface area contributed by atoms with E-state index in [1.807, 2.05) is 31.3 Å². The van der Waals surface area contributed by atoms with Crippen LogP contribution in [0.25, 0.3) is 0 Å². The van der Waals surface area contributed by atoms with Crippen LogP contribution in [0.2, 0.25) is 0 Å². The molecule has 1 aliphatic heterocycles. The van der Waals surface area contributed by atoms with Gasteiger partial charge in [0.15, 0.2) is 0 Å². The summed E-state index contributed by atoms with van der Waals surface area (Å²) in [5.74, 6) is 0.771. The smallest absolute Gasteiger partial charge is 0.142 e. The van der Waals surface area contributed by atoms with Gasteiger partial charge in [-0.05, 0) is 38.6 Å². The van der Waals surface area contributed by atoms with E-state index in [1.54, 1.807) is 7.11 Å². The molecule has 22 heavy (non-hydrogen) atoms. The van der Waals surface area contributed by atoms with E-state index in [4.69, 9.17) is 10.00 Å². The molecule has 0 aromatic heterocycles. The highest BCUT2D eigenvalue weighted by Crippen LogP contribution is 2.31. The monoisotopic (exact) mass is 303 g/mol. The molecule has 0 spiro atoms. The molecule has 1 fully saturated rings. The lowest BCUT2D eigenvalue weighted by molar-refractivity contribution is -0.0164. The lowest BCUT2D eigenvalue weighted by Crippen LogP contribution is -2.53. The summed E-state index contributed by atoms with van der Waals surface area (Å²) in [6.07, 6.45) is 2.20. The van der Waals surface area contributed by atoms with Crippen LogP contribution in [0.4, 0.5) is 5.69 Å². The first kappa shape index (κ1) is 16.6. The van der Waals surface area contributed by atoms with E-state index in [0.29, 0.717) is 26.1 Å². The Kier molecular flexibility index (Phi) is 5.64. The fourth-order valence-electron chi connectivity index (χ4n) is 3.18. The maximum atomic E-state index is 10.9. The molecule has 1 atom stereocenters. The maximum Gasteiger partial charge on any atom is 0.142 e. The number of para-hydroxylation sites is 2. The molecule has 1 aromatic carbocycles. The minimum absolute atomic E-state index is 0.421. The number of β-amino-alcohol motifs (C(OH)–C–C–N with tert-alkyl or cyclic N) is 1. The Hall–Kier alpha value is -1.77. The van der Waals surface area contributed by atoms with Gasteiger partial charge in [-0.2, -0.15) is 5.26 Å². The number of hydrogen-bond donors (Lipinski definition) is 1. The van der Waals surface area contributed by atoms with Gasteiger partial charge in [-0.1, -0.05) is 12.1 Å². The molecule has 0 saturated carbocycles. The zero-order valence-electron chi connectivity index (χ0n) is 13.5. The normalized spacial score (nSPS) is 22.1. The summed E-state index contributed by atoms with van der Waals surface area (Å²) >= 11 is 0. The summed E-state index contributed by atoms with van der Waals surface area (Å²) in [5, 5.41) is 19.9. The van der Waals surface area contributed by atoms with Gasteiger partial charge in [-0.3, -0.25) is 0 Å². The van der Waals surface area contributed by atoms with Crippen molar-refractivity contribution >= 4 is 5.69 Å². The number of ether oxygens (including phenoxy) is 1. The number of nitriles is 1. The quantitative estimate of drug-likeness (QED) is 0.869. The van der Waals surface area contributed by atoms with Gasteiger partial charge in [0.25, 0.3) is 0 Å². The molecule has 1 heterocycles. The highest BCUT2D eigenvalue weighted by Gasteiger charge is 2.34. The largest absolute Gasteiger partial charge is 0.495 e. The van der Waals surface area contributed by atoms with Crippen LogP contribution >= 0.6 is 0 Å². The molecule has 120 valence electrons. The number of methoxy groups -OCH3 is 1. The third-order valence-electron chi connectivity index (χ3n) is 4.15. The van der Waals surface area contributed by atoms with Crippen LogP contribution in [0.5, 0.6) is 5.75 Å². The van der Waals surface area contributed by atoms with E-state index in [-0.39, 0.29) is 0 Å². The Morgan fingerprint density at radius 2 is 2.23 bits per heavy atom. The van der Waals surface area contributed by atoms with Crippen molar-refractivity contribution in [3.05, 3.63) is 24.3 Å². The van der Waals surface area contributed by atoms with Crippen LogP contribution in [0.3, 0.4) is 0 Å². The summed E-state index contributed by atoms with van der Waals surface area (Å²) in [7, 11) is 3.68. The molecule has 2 rings (SSSR count). The molecule has 0 bridgehead atoms. The molecule has 0 radical (unpaired) electrons. The molecule has 1 unspecified atom stereocenters. The Bertz CT molecular complexity index is 529. The van der Waals surface area contributed by atoms with E-state index in [2.05, 4.69) is 15.9 Å². The molecule has 0 amide bonds. The van der Waals surface area contributed by atoms with Crippen LogP contribution in [-0.2, 0) is 0 Å². The number of nitrogens with zero attached hydrogens (tertiary/aromatic N) is 3. The number of hydrogen-bond acceptors (Lipinski definition) is 5. The molecule has 5 nitrogen and oxygen atoms in total. The third kappa shape index (κ3) is 4.12. The highest BCUT2D eigenvalue weighted by atomic mass is 16.5. The average Bonchev–Trinajstić information content (AvgIpc) is 2.51. The van der Waals surface area contributed by atoms with Gasteiger partial charge in [0, 0.05) is 19.6 Å². The first-order valence-electron chi connectivity index (χ1n) is 7.74. The molecule has 5 heteroatoms. The number of likely N-dealkylation sites (N-methyl/N-ethyl adjacent to an activating group) is 1. The van der Waals surface area contributed by atoms with Crippen molar-refractivity contribution in [2.75, 3.05) is 45.2 Å². The highest BCUT2D eigenvalue weighted by molar-refractivity contribution is 5.58. The average molecular weight is 303 g/mol. The molecular weight excluding hydrogens is 278 g/mol. The Morgan fingerprint density at radius 1 is 1.45 bits per heavy atom. The molecule has 1 saturated heterocycles. The van der Waals surface area contributed by atoms with Crippen molar-refractivity contribution in [3.63, 3.8) is 0 Å². The van der Waals surface area contributed by atoms with E-state index >= 15 is 0 Å². The fraction of sp³-hybridized carbons (Fsp3) is 0.588. The summed E-state index contributed by atoms with van der Waals surface area (Å²) in [6.45, 7) is 2.78. The van der Waals surface area contributed by atoms with Crippen molar-refractivity contribution in [1.82, 2.24) is 4.90 Å². The molecule has 1 aliphatic rings. The fourth-order valence-corrected chi connectivity index (χ4v) is 3.18. The van der Waals surface area contributed by atoms with Crippen LogP contribution in [0, 0.1) is 11.3 Å². The lowest BCUT2D eigenvalue weighted by Gasteiger charge is -2.41. The SMILES string of the molecule is COc1ccccc1N(CCC#N)CC1(O)CCCN(C)C1. The van der Waals surface area contributed by atoms with Crippen molar-refractivity contribution in [2.45, 2.75) is 24.9 Å². The van der Waals surface area contributed by atoms with Crippen molar-refractivity contribution in [3.8, 4) is 11.8 Å². The second-order valence-corrected chi connectivity index (χ2v) is 6.07. The van der Waals surface area contributed by atoms with Gasteiger partial charge in [-0.15, -0.1) is 0 Å². The maximum absolute atomic E-state index is 10.9. The number of piperidine rings is 1. The Morgan fingerprint density at radius 3 is 2.91 bits per heavy atom. The minimum atomic E-state index is -0.747. The van der Waals surface area contributed by atoms with E-state index < -0.39 is 5.60 Å². The zero-order valence-corrected chi connectivity index (χ0v) is 13.5. The van der Waals surface area contributed by atoms with Crippen LogP contribution in [-0.4, -0.2) is 55.9 Å². The van der Waals surface area contributed by atoms with Gasteiger partial charge in [0.05, 0.1) is 30.9 Å². The first-order chi connectivity index (χ1) is 10.6. The van der Waals surface area contributed by atoms with Crippen LogP contribution in [0.1, 0.15) is 19.3 Å². The second-order valence-electron chi connectivity index (χ2n) is 6.07. The molecule has 0 aliphatic carbocycles.